The van der Waals surface area contributed by atoms with Crippen LogP contribution < -0.4 is 4.74 Å². The first-order valence-electron chi connectivity index (χ1n) is 11.7. The molecule has 3 aromatic rings. The van der Waals surface area contributed by atoms with Crippen LogP contribution >= 0.6 is 0 Å². The second-order valence-corrected chi connectivity index (χ2v) is 8.51. The van der Waals surface area contributed by atoms with Gasteiger partial charge in [-0.3, -0.25) is 4.90 Å². The fourth-order valence-electron chi connectivity index (χ4n) is 4.28. The number of hydrogen-bond acceptors (Lipinski definition) is 5. The van der Waals surface area contributed by atoms with Crippen molar-refractivity contribution in [3.05, 3.63) is 77.0 Å². The fraction of sp³-hybridized carbons (Fsp3) is 0.370. The molecular formula is C27H28F3NO4. The molecule has 2 aromatic carbocycles. The first-order valence-corrected chi connectivity index (χ1v) is 11.7. The molecule has 4 rings (SSSR count). The van der Waals surface area contributed by atoms with E-state index in [9.17, 15) is 18.0 Å². The standard InChI is InChI=1S/C27H28F3NO4/c1-3-33-26(32)17-34-23-9-6-19-12-14-31(15-13-21(19)16-23)18(2)24-10-11-25(35-24)20-4-7-22(8-5-20)27(28,29)30/h4-11,16,18H,3,12-15,17H2,1-2H3. The van der Waals surface area contributed by atoms with E-state index in [4.69, 9.17) is 13.9 Å². The summed E-state index contributed by atoms with van der Waals surface area (Å²) in [6.07, 6.45) is -2.67. The molecule has 2 heterocycles. The van der Waals surface area contributed by atoms with E-state index in [0.717, 1.165) is 43.8 Å². The van der Waals surface area contributed by atoms with E-state index < -0.39 is 17.7 Å². The molecule has 0 N–H and O–H groups in total. The Morgan fingerprint density at radius 1 is 1.03 bits per heavy atom. The maximum absolute atomic E-state index is 12.8. The average molecular weight is 488 g/mol. The lowest BCUT2D eigenvalue weighted by atomic mass is 10.0. The third-order valence-electron chi connectivity index (χ3n) is 6.26. The maximum Gasteiger partial charge on any atom is 0.416 e. The number of carbonyl (C=O) groups is 1. The van der Waals surface area contributed by atoms with Crippen LogP contribution in [0.25, 0.3) is 11.3 Å². The van der Waals surface area contributed by atoms with Gasteiger partial charge >= 0.3 is 12.1 Å². The molecule has 0 saturated carbocycles. The molecular weight excluding hydrogens is 459 g/mol. The topological polar surface area (TPSA) is 51.9 Å². The van der Waals surface area contributed by atoms with Crippen molar-refractivity contribution >= 4 is 5.97 Å². The van der Waals surface area contributed by atoms with Crippen molar-refractivity contribution < 1.29 is 31.9 Å². The summed E-state index contributed by atoms with van der Waals surface area (Å²) in [6.45, 7) is 5.68. The Morgan fingerprint density at radius 2 is 1.74 bits per heavy atom. The molecule has 0 spiro atoms. The van der Waals surface area contributed by atoms with Crippen molar-refractivity contribution in [3.8, 4) is 17.1 Å². The number of esters is 1. The molecule has 1 aliphatic rings. The van der Waals surface area contributed by atoms with E-state index >= 15 is 0 Å². The normalized spacial score (nSPS) is 15.2. The Hall–Kier alpha value is -3.26. The molecule has 1 atom stereocenters. The second kappa shape index (κ2) is 10.6. The number of nitrogens with zero attached hydrogens (tertiary/aromatic N) is 1. The minimum atomic E-state index is -4.36. The molecule has 0 radical (unpaired) electrons. The molecule has 0 bridgehead atoms. The van der Waals surface area contributed by atoms with Crippen LogP contribution in [0.5, 0.6) is 5.75 Å². The zero-order valence-corrected chi connectivity index (χ0v) is 19.7. The van der Waals surface area contributed by atoms with Gasteiger partial charge in [0.15, 0.2) is 6.61 Å². The van der Waals surface area contributed by atoms with Crippen LogP contribution in [0.3, 0.4) is 0 Å². The van der Waals surface area contributed by atoms with Crippen LogP contribution in [0.15, 0.2) is 59.0 Å². The summed E-state index contributed by atoms with van der Waals surface area (Å²) in [6, 6.07) is 14.6. The summed E-state index contributed by atoms with van der Waals surface area (Å²) in [7, 11) is 0. The van der Waals surface area contributed by atoms with Gasteiger partial charge in [0.1, 0.15) is 17.3 Å². The fourth-order valence-corrected chi connectivity index (χ4v) is 4.28. The summed E-state index contributed by atoms with van der Waals surface area (Å²) < 4.78 is 55.0. The van der Waals surface area contributed by atoms with Crippen LogP contribution in [-0.4, -0.2) is 37.2 Å². The van der Waals surface area contributed by atoms with Gasteiger partial charge in [0, 0.05) is 18.7 Å². The first-order chi connectivity index (χ1) is 16.7. The summed E-state index contributed by atoms with van der Waals surface area (Å²) in [5.74, 6) is 1.56. The zero-order valence-electron chi connectivity index (χ0n) is 19.7. The van der Waals surface area contributed by atoms with Gasteiger partial charge in [0.25, 0.3) is 0 Å². The van der Waals surface area contributed by atoms with Gasteiger partial charge in [0.05, 0.1) is 18.2 Å². The highest BCUT2D eigenvalue weighted by atomic mass is 19.4. The Kier molecular flexibility index (Phi) is 7.50. The number of ether oxygens (including phenoxy) is 2. The summed E-state index contributed by atoms with van der Waals surface area (Å²) in [5.41, 5.74) is 2.36. The van der Waals surface area contributed by atoms with Gasteiger partial charge in [-0.1, -0.05) is 18.2 Å². The molecule has 0 amide bonds. The average Bonchev–Trinajstić information content (AvgIpc) is 3.23. The van der Waals surface area contributed by atoms with Crippen LogP contribution in [0, 0.1) is 0 Å². The Labute approximate surface area is 202 Å². The highest BCUT2D eigenvalue weighted by Gasteiger charge is 2.30. The van der Waals surface area contributed by atoms with E-state index in [2.05, 4.69) is 11.8 Å². The molecule has 0 aliphatic carbocycles. The third kappa shape index (κ3) is 6.06. The van der Waals surface area contributed by atoms with Crippen LogP contribution in [0.1, 0.15) is 42.3 Å². The van der Waals surface area contributed by atoms with Gasteiger partial charge in [-0.05, 0) is 74.2 Å². The zero-order chi connectivity index (χ0) is 25.0. The third-order valence-corrected chi connectivity index (χ3v) is 6.26. The van der Waals surface area contributed by atoms with Crippen LogP contribution in [0.2, 0.25) is 0 Å². The van der Waals surface area contributed by atoms with Crippen molar-refractivity contribution in [1.29, 1.82) is 0 Å². The molecule has 0 saturated heterocycles. The number of halogens is 3. The molecule has 1 unspecified atom stereocenters. The largest absolute Gasteiger partial charge is 0.482 e. The van der Waals surface area contributed by atoms with Gasteiger partial charge in [0.2, 0.25) is 0 Å². The quantitative estimate of drug-likeness (QED) is 0.379. The van der Waals surface area contributed by atoms with Crippen molar-refractivity contribution in [3.63, 3.8) is 0 Å². The Balaban J connectivity index is 1.39. The molecule has 0 fully saturated rings. The SMILES string of the molecule is CCOC(=O)COc1ccc2c(c1)CCN(C(C)c1ccc(-c3ccc(C(F)(F)F)cc3)o1)CC2. The molecule has 8 heteroatoms. The number of rotatable bonds is 7. The highest BCUT2D eigenvalue weighted by Crippen LogP contribution is 2.33. The first kappa shape index (κ1) is 24.9. The Bertz CT molecular complexity index is 1150. The van der Waals surface area contributed by atoms with Gasteiger partial charge in [-0.15, -0.1) is 0 Å². The molecule has 1 aromatic heterocycles. The van der Waals surface area contributed by atoms with Crippen molar-refractivity contribution in [2.24, 2.45) is 0 Å². The van der Waals surface area contributed by atoms with Gasteiger partial charge < -0.3 is 13.9 Å². The van der Waals surface area contributed by atoms with E-state index in [-0.39, 0.29) is 12.6 Å². The summed E-state index contributed by atoms with van der Waals surface area (Å²) >= 11 is 0. The van der Waals surface area contributed by atoms with Gasteiger partial charge in [-0.25, -0.2) is 4.79 Å². The predicted octanol–water partition coefficient (Wildman–Crippen LogP) is 6.07. The van der Waals surface area contributed by atoms with Crippen molar-refractivity contribution in [2.45, 2.75) is 38.9 Å². The minimum absolute atomic E-state index is 0.00652. The molecule has 186 valence electrons. The number of alkyl halides is 3. The lowest BCUT2D eigenvalue weighted by Crippen LogP contribution is -2.29. The number of furan rings is 1. The molecule has 5 nitrogen and oxygen atoms in total. The number of hydrogen-bond donors (Lipinski definition) is 0. The van der Waals surface area contributed by atoms with Crippen LogP contribution in [0.4, 0.5) is 13.2 Å². The monoisotopic (exact) mass is 487 g/mol. The lowest BCUT2D eigenvalue weighted by Gasteiger charge is -2.25. The van der Waals surface area contributed by atoms with E-state index in [1.165, 1.54) is 23.3 Å². The lowest BCUT2D eigenvalue weighted by molar-refractivity contribution is -0.145. The van der Waals surface area contributed by atoms with Crippen LogP contribution in [-0.2, 0) is 28.5 Å². The molecule has 1 aliphatic heterocycles. The Morgan fingerprint density at radius 3 is 2.43 bits per heavy atom. The van der Waals surface area contributed by atoms with Crippen molar-refractivity contribution in [1.82, 2.24) is 4.90 Å². The smallest absolute Gasteiger partial charge is 0.416 e. The minimum Gasteiger partial charge on any atom is -0.482 e. The maximum atomic E-state index is 12.8. The second-order valence-electron chi connectivity index (χ2n) is 8.51. The summed E-state index contributed by atoms with van der Waals surface area (Å²) in [4.78, 5) is 13.9. The predicted molar refractivity (Wildman–Crippen MR) is 125 cm³/mol. The number of benzene rings is 2. The van der Waals surface area contributed by atoms with E-state index in [0.29, 0.717) is 23.7 Å². The van der Waals surface area contributed by atoms with Crippen molar-refractivity contribution in [2.75, 3.05) is 26.3 Å². The van der Waals surface area contributed by atoms with Gasteiger partial charge in [-0.2, -0.15) is 13.2 Å². The summed E-state index contributed by atoms with van der Waals surface area (Å²) in [5, 5.41) is 0. The molecule has 35 heavy (non-hydrogen) atoms. The highest BCUT2D eigenvalue weighted by molar-refractivity contribution is 5.71. The number of fused-ring (bicyclic) bond motifs is 1. The van der Waals surface area contributed by atoms with E-state index in [1.54, 1.807) is 13.0 Å². The van der Waals surface area contributed by atoms with E-state index in [1.807, 2.05) is 24.3 Å². The number of carbonyl (C=O) groups excluding carboxylic acids is 1.